The van der Waals surface area contributed by atoms with Crippen molar-refractivity contribution in [2.75, 3.05) is 20.1 Å². The molecule has 0 radical (unpaired) electrons. The van der Waals surface area contributed by atoms with Gasteiger partial charge < -0.3 is 10.2 Å². The lowest BCUT2D eigenvalue weighted by molar-refractivity contribution is -0.126. The van der Waals surface area contributed by atoms with Crippen LogP contribution in [-0.2, 0) is 9.59 Å². The van der Waals surface area contributed by atoms with Crippen LogP contribution in [0, 0.1) is 11.3 Å². The lowest BCUT2D eigenvalue weighted by Gasteiger charge is -2.40. The lowest BCUT2D eigenvalue weighted by atomic mass is 9.69. The maximum atomic E-state index is 12.3. The molecule has 0 spiro atoms. The van der Waals surface area contributed by atoms with Gasteiger partial charge in [0.15, 0.2) is 0 Å². The number of likely N-dealkylation sites (N-methyl/N-ethyl adjacent to an activating group) is 1. The van der Waals surface area contributed by atoms with Crippen LogP contribution in [0.2, 0.25) is 0 Å². The molecular weight excluding hydrogens is 306 g/mol. The van der Waals surface area contributed by atoms with Crippen LogP contribution in [0.15, 0.2) is 0 Å². The van der Waals surface area contributed by atoms with Gasteiger partial charge in [0.1, 0.15) is 6.54 Å². The summed E-state index contributed by atoms with van der Waals surface area (Å²) in [5, 5.41) is 3.19. The van der Waals surface area contributed by atoms with Crippen LogP contribution in [0.4, 0.5) is 4.79 Å². The molecule has 24 heavy (non-hydrogen) atoms. The van der Waals surface area contributed by atoms with Crippen LogP contribution in [0.1, 0.15) is 59.3 Å². The molecule has 1 saturated heterocycles. The molecule has 1 aliphatic heterocycles. The minimum absolute atomic E-state index is 0.0311. The molecule has 6 nitrogen and oxygen atoms in total. The molecular formula is C18H31N3O3. The number of amides is 4. The van der Waals surface area contributed by atoms with Gasteiger partial charge in [-0.2, -0.15) is 0 Å². The lowest BCUT2D eigenvalue weighted by Crippen LogP contribution is -2.46. The third-order valence-corrected chi connectivity index (χ3v) is 5.24. The fraction of sp³-hybridized carbons (Fsp3) is 0.833. The minimum atomic E-state index is -0.263. The monoisotopic (exact) mass is 337 g/mol. The molecule has 6 heteroatoms. The Labute approximate surface area is 144 Å². The predicted molar refractivity (Wildman–Crippen MR) is 92.3 cm³/mol. The van der Waals surface area contributed by atoms with E-state index in [9.17, 15) is 14.4 Å². The number of carbonyl (C=O) groups excluding carboxylic acids is 3. The van der Waals surface area contributed by atoms with Crippen molar-refractivity contribution in [2.45, 2.75) is 65.3 Å². The van der Waals surface area contributed by atoms with E-state index in [1.807, 2.05) is 0 Å². The highest BCUT2D eigenvalue weighted by Crippen LogP contribution is 2.38. The molecule has 2 rings (SSSR count). The SMILES string of the molecule is CN1CC(=O)N(CCCC(=O)NC2CCCCC2C(C)(C)C)C1=O. The van der Waals surface area contributed by atoms with Crippen molar-refractivity contribution in [3.63, 3.8) is 0 Å². The number of rotatable bonds is 5. The summed E-state index contributed by atoms with van der Waals surface area (Å²) in [6.07, 6.45) is 5.49. The Morgan fingerprint density at radius 1 is 1.21 bits per heavy atom. The first-order chi connectivity index (χ1) is 11.2. The largest absolute Gasteiger partial charge is 0.353 e. The number of nitrogens with one attached hydrogen (secondary N) is 1. The zero-order valence-corrected chi connectivity index (χ0v) is 15.4. The average Bonchev–Trinajstić information content (AvgIpc) is 2.73. The number of urea groups is 1. The number of nitrogens with zero attached hydrogens (tertiary/aromatic N) is 2. The molecule has 1 saturated carbocycles. The summed E-state index contributed by atoms with van der Waals surface area (Å²) in [4.78, 5) is 38.4. The minimum Gasteiger partial charge on any atom is -0.353 e. The van der Waals surface area contributed by atoms with Gasteiger partial charge in [-0.15, -0.1) is 0 Å². The molecule has 0 aromatic carbocycles. The van der Waals surface area contributed by atoms with Gasteiger partial charge in [0, 0.05) is 26.1 Å². The van der Waals surface area contributed by atoms with Crippen molar-refractivity contribution in [1.82, 2.24) is 15.1 Å². The molecule has 2 aliphatic rings. The van der Waals surface area contributed by atoms with Crippen molar-refractivity contribution < 1.29 is 14.4 Å². The molecule has 4 amide bonds. The summed E-state index contributed by atoms with van der Waals surface area (Å²) in [5.41, 5.74) is 0.192. The highest BCUT2D eigenvalue weighted by molar-refractivity contribution is 6.01. The van der Waals surface area contributed by atoms with Crippen molar-refractivity contribution in [3.8, 4) is 0 Å². The Bertz CT molecular complexity index is 498. The molecule has 2 atom stereocenters. The maximum Gasteiger partial charge on any atom is 0.326 e. The van der Waals surface area contributed by atoms with Crippen LogP contribution in [-0.4, -0.2) is 53.8 Å². The third-order valence-electron chi connectivity index (χ3n) is 5.24. The van der Waals surface area contributed by atoms with E-state index in [-0.39, 0.29) is 35.8 Å². The Morgan fingerprint density at radius 2 is 1.88 bits per heavy atom. The van der Waals surface area contributed by atoms with E-state index in [4.69, 9.17) is 0 Å². The summed E-state index contributed by atoms with van der Waals surface area (Å²) in [6, 6.07) is -0.0204. The first-order valence-electron chi connectivity index (χ1n) is 9.05. The molecule has 0 aromatic rings. The van der Waals surface area contributed by atoms with Crippen molar-refractivity contribution in [3.05, 3.63) is 0 Å². The van der Waals surface area contributed by atoms with Crippen LogP contribution < -0.4 is 5.32 Å². The first kappa shape index (κ1) is 18.7. The molecule has 1 heterocycles. The number of imide groups is 1. The molecule has 1 N–H and O–H groups in total. The van der Waals surface area contributed by atoms with E-state index < -0.39 is 0 Å². The van der Waals surface area contributed by atoms with E-state index in [1.165, 1.54) is 22.6 Å². The molecule has 136 valence electrons. The van der Waals surface area contributed by atoms with Crippen LogP contribution in [0.5, 0.6) is 0 Å². The van der Waals surface area contributed by atoms with Gasteiger partial charge in [0.2, 0.25) is 11.8 Å². The average molecular weight is 337 g/mol. The standard InChI is InChI=1S/C18H31N3O3/c1-18(2,3)13-8-5-6-9-14(13)19-15(22)10-7-11-21-16(23)12-20(4)17(21)24/h13-14H,5-12H2,1-4H3,(H,19,22). The van der Waals surface area contributed by atoms with Crippen LogP contribution in [0.3, 0.4) is 0 Å². The molecule has 0 bridgehead atoms. The highest BCUT2D eigenvalue weighted by atomic mass is 16.2. The Hall–Kier alpha value is -1.59. The quantitative estimate of drug-likeness (QED) is 0.783. The Morgan fingerprint density at radius 3 is 2.46 bits per heavy atom. The van der Waals surface area contributed by atoms with Crippen molar-refractivity contribution in [1.29, 1.82) is 0 Å². The van der Waals surface area contributed by atoms with Gasteiger partial charge in [-0.25, -0.2) is 4.79 Å². The molecule has 1 aliphatic carbocycles. The predicted octanol–water partition coefficient (Wildman–Crippen LogP) is 2.38. The van der Waals surface area contributed by atoms with Gasteiger partial charge in [0.25, 0.3) is 0 Å². The maximum absolute atomic E-state index is 12.3. The summed E-state index contributed by atoms with van der Waals surface area (Å²) in [6.45, 7) is 7.18. The van der Waals surface area contributed by atoms with Crippen LogP contribution in [0.25, 0.3) is 0 Å². The van der Waals surface area contributed by atoms with Gasteiger partial charge in [-0.05, 0) is 30.6 Å². The second-order valence-electron chi connectivity index (χ2n) is 8.22. The van der Waals surface area contributed by atoms with Crippen LogP contribution >= 0.6 is 0 Å². The fourth-order valence-corrected chi connectivity index (χ4v) is 3.91. The summed E-state index contributed by atoms with van der Waals surface area (Å²) in [7, 11) is 1.61. The Kier molecular flexibility index (Phi) is 5.88. The second kappa shape index (κ2) is 7.53. The summed E-state index contributed by atoms with van der Waals surface area (Å²) in [5.74, 6) is 0.358. The van der Waals surface area contributed by atoms with Gasteiger partial charge in [-0.1, -0.05) is 33.6 Å². The highest BCUT2D eigenvalue weighted by Gasteiger charge is 2.35. The number of carbonyl (C=O) groups is 3. The number of hydrogen-bond acceptors (Lipinski definition) is 3. The zero-order chi connectivity index (χ0) is 17.9. The van der Waals surface area contributed by atoms with E-state index in [2.05, 4.69) is 26.1 Å². The van der Waals surface area contributed by atoms with E-state index in [1.54, 1.807) is 7.05 Å². The number of hydrogen-bond donors (Lipinski definition) is 1. The summed E-state index contributed by atoms with van der Waals surface area (Å²) < 4.78 is 0. The van der Waals surface area contributed by atoms with Gasteiger partial charge in [0.05, 0.1) is 0 Å². The normalized spacial score (nSPS) is 25.3. The Balaban J connectivity index is 1.78. The van der Waals surface area contributed by atoms with Gasteiger partial charge >= 0.3 is 6.03 Å². The van der Waals surface area contributed by atoms with Gasteiger partial charge in [-0.3, -0.25) is 14.5 Å². The third kappa shape index (κ3) is 4.48. The zero-order valence-electron chi connectivity index (χ0n) is 15.4. The summed E-state index contributed by atoms with van der Waals surface area (Å²) >= 11 is 0. The first-order valence-corrected chi connectivity index (χ1v) is 9.05. The van der Waals surface area contributed by atoms with E-state index in [0.29, 0.717) is 25.3 Å². The van der Waals surface area contributed by atoms with Crippen molar-refractivity contribution in [2.24, 2.45) is 11.3 Å². The molecule has 2 unspecified atom stereocenters. The topological polar surface area (TPSA) is 69.7 Å². The van der Waals surface area contributed by atoms with Crippen molar-refractivity contribution >= 4 is 17.8 Å². The van der Waals surface area contributed by atoms with E-state index >= 15 is 0 Å². The van der Waals surface area contributed by atoms with E-state index in [0.717, 1.165) is 12.8 Å². The fourth-order valence-electron chi connectivity index (χ4n) is 3.91. The molecule has 2 fully saturated rings. The smallest absolute Gasteiger partial charge is 0.326 e. The molecule has 0 aromatic heterocycles. The second-order valence-corrected chi connectivity index (χ2v) is 8.22.